The number of carboxylic acids is 1. The van der Waals surface area contributed by atoms with Crippen LogP contribution in [0.2, 0.25) is 5.02 Å². The molecule has 31 heavy (non-hydrogen) atoms. The van der Waals surface area contributed by atoms with Gasteiger partial charge in [-0.2, -0.15) is 0 Å². The van der Waals surface area contributed by atoms with Gasteiger partial charge in [0.25, 0.3) is 0 Å². The first-order chi connectivity index (χ1) is 14.3. The quantitative estimate of drug-likeness (QED) is 0.400. The summed E-state index contributed by atoms with van der Waals surface area (Å²) >= 11 is 5.85. The second kappa shape index (κ2) is 11.6. The Bertz CT molecular complexity index is 1020. The molecule has 0 aliphatic heterocycles. The summed E-state index contributed by atoms with van der Waals surface area (Å²) in [6.45, 7) is 0.322. The number of aliphatic carboxylic acids is 1. The molecule has 2 aromatic carbocycles. The van der Waals surface area contributed by atoms with Crippen LogP contribution < -0.4 is 4.72 Å². The molecule has 2 aromatic rings. The number of carbonyl (C=O) groups is 1. The molecule has 0 amide bonds. The number of allylic oxidation sites excluding steroid dienone is 2. The fraction of sp³-hybridized carbons (Fsp3) is 0.348. The Morgan fingerprint density at radius 1 is 1.13 bits per heavy atom. The molecule has 1 aliphatic carbocycles. The van der Waals surface area contributed by atoms with Crippen LogP contribution in [0.25, 0.3) is 0 Å². The van der Waals surface area contributed by atoms with E-state index in [0.29, 0.717) is 24.4 Å². The maximum Gasteiger partial charge on any atom is 0.303 e. The summed E-state index contributed by atoms with van der Waals surface area (Å²) in [4.78, 5) is 10.9. The average Bonchev–Trinajstić information content (AvgIpc) is 3.07. The second-order valence-corrected chi connectivity index (χ2v) is 9.85. The predicted octanol–water partition coefficient (Wildman–Crippen LogP) is 4.32. The van der Waals surface area contributed by atoms with Gasteiger partial charge >= 0.3 is 5.97 Å². The topological polar surface area (TPSA) is 83.5 Å². The van der Waals surface area contributed by atoms with Crippen LogP contribution in [-0.4, -0.2) is 55.6 Å². The van der Waals surface area contributed by atoms with Crippen molar-refractivity contribution >= 4 is 57.2 Å². The number of carboxylic acid groups (broad SMARTS) is 1. The number of fused-ring (bicyclic) bond motifs is 1. The van der Waals surface area contributed by atoms with Gasteiger partial charge in [0.15, 0.2) is 0 Å². The number of hydrogen-bond donors (Lipinski definition) is 2. The van der Waals surface area contributed by atoms with Crippen molar-refractivity contribution in [3.63, 3.8) is 0 Å². The summed E-state index contributed by atoms with van der Waals surface area (Å²) in [7, 11) is -3.60. The predicted molar refractivity (Wildman–Crippen MR) is 124 cm³/mol. The van der Waals surface area contributed by atoms with Crippen LogP contribution in [0.5, 0.6) is 0 Å². The van der Waals surface area contributed by atoms with Crippen LogP contribution in [0, 0.1) is 0 Å². The molecule has 3 rings (SSSR count). The van der Waals surface area contributed by atoms with E-state index >= 15 is 0 Å². The molecule has 1 atom stereocenters. The van der Waals surface area contributed by atoms with Crippen LogP contribution in [0.1, 0.15) is 43.2 Å². The van der Waals surface area contributed by atoms with Crippen LogP contribution in [-0.2, 0) is 26.7 Å². The van der Waals surface area contributed by atoms with E-state index in [9.17, 15) is 13.2 Å². The van der Waals surface area contributed by atoms with Gasteiger partial charge in [-0.3, -0.25) is 4.79 Å². The largest absolute Gasteiger partial charge is 0.481 e. The van der Waals surface area contributed by atoms with E-state index in [1.165, 1.54) is 23.3 Å². The van der Waals surface area contributed by atoms with Gasteiger partial charge in [0.1, 0.15) is 0 Å². The van der Waals surface area contributed by atoms with Gasteiger partial charge < -0.3 is 5.11 Å². The first kappa shape index (κ1) is 26.1. The molecule has 1 radical (unpaired) electrons. The van der Waals surface area contributed by atoms with E-state index in [-0.39, 0.29) is 46.3 Å². The first-order valence-electron chi connectivity index (χ1n) is 10.0. The Hall–Kier alpha value is -1.15. The SMILES string of the molecule is O=C(O)CCC=CCC1(CCNS(=O)(=O)c2ccc(Cl)cc2)CCc2ccccc21.[Na]. The summed E-state index contributed by atoms with van der Waals surface area (Å²) in [5.74, 6) is -0.808. The molecule has 5 nitrogen and oxygen atoms in total. The smallest absolute Gasteiger partial charge is 0.303 e. The number of nitrogens with one attached hydrogen (secondary N) is 1. The molecule has 0 aromatic heterocycles. The van der Waals surface area contributed by atoms with Gasteiger partial charge in [0.2, 0.25) is 10.0 Å². The van der Waals surface area contributed by atoms with E-state index in [1.54, 1.807) is 12.1 Å². The van der Waals surface area contributed by atoms with E-state index in [4.69, 9.17) is 16.7 Å². The molecular formula is C23H26ClNNaO4S. The van der Waals surface area contributed by atoms with E-state index in [1.807, 2.05) is 24.3 Å². The maximum atomic E-state index is 12.6. The first-order valence-corrected chi connectivity index (χ1v) is 11.9. The van der Waals surface area contributed by atoms with Crippen LogP contribution in [0.15, 0.2) is 65.6 Å². The minimum absolute atomic E-state index is 0. The standard InChI is InChI=1S/C23H26ClNO4S.Na/c24-19-9-11-20(12-10-19)30(28,29)25-17-16-23(14-5-1-2-8-22(26)27)15-13-18-6-3-4-7-21(18)23;/h1,3-7,9-12,25H,2,8,13-17H2,(H,26,27);. The summed E-state index contributed by atoms with van der Waals surface area (Å²) in [5, 5.41) is 9.29. The molecule has 1 aliphatic rings. The van der Waals surface area contributed by atoms with Gasteiger partial charge in [0.05, 0.1) is 4.90 Å². The fourth-order valence-corrected chi connectivity index (χ4v) is 5.25. The van der Waals surface area contributed by atoms with Crippen molar-refractivity contribution in [2.75, 3.05) is 6.54 Å². The number of benzene rings is 2. The molecule has 0 saturated heterocycles. The Morgan fingerprint density at radius 2 is 1.84 bits per heavy atom. The van der Waals surface area contributed by atoms with E-state index in [0.717, 1.165) is 19.3 Å². The minimum Gasteiger partial charge on any atom is -0.481 e. The maximum absolute atomic E-state index is 12.6. The fourth-order valence-electron chi connectivity index (χ4n) is 4.09. The van der Waals surface area contributed by atoms with Gasteiger partial charge in [-0.1, -0.05) is 48.0 Å². The zero-order valence-corrected chi connectivity index (χ0v) is 21.3. The third-order valence-electron chi connectivity index (χ3n) is 5.68. The van der Waals surface area contributed by atoms with Crippen molar-refractivity contribution in [1.29, 1.82) is 0 Å². The van der Waals surface area contributed by atoms with E-state index in [2.05, 4.69) is 16.9 Å². The summed E-state index contributed by atoms with van der Waals surface area (Å²) in [5.41, 5.74) is 2.41. The molecule has 161 valence electrons. The number of hydrogen-bond acceptors (Lipinski definition) is 3. The van der Waals surface area contributed by atoms with Gasteiger partial charge in [0, 0.05) is 53.0 Å². The molecule has 1 unspecified atom stereocenters. The second-order valence-electron chi connectivity index (χ2n) is 7.65. The average molecular weight is 471 g/mol. The normalized spacial score (nSPS) is 18.0. The molecule has 0 fully saturated rings. The third-order valence-corrected chi connectivity index (χ3v) is 7.41. The van der Waals surface area contributed by atoms with Crippen molar-refractivity contribution in [2.45, 2.75) is 48.8 Å². The monoisotopic (exact) mass is 470 g/mol. The number of sulfonamides is 1. The Morgan fingerprint density at radius 3 is 2.55 bits per heavy atom. The molecule has 0 bridgehead atoms. The number of aryl methyl sites for hydroxylation is 1. The van der Waals surface area contributed by atoms with Crippen molar-refractivity contribution < 1.29 is 18.3 Å². The molecule has 0 heterocycles. The molecule has 2 N–H and O–H groups in total. The number of rotatable bonds is 10. The van der Waals surface area contributed by atoms with Crippen LogP contribution >= 0.6 is 11.6 Å². The Kier molecular flexibility index (Phi) is 9.80. The minimum atomic E-state index is -3.60. The van der Waals surface area contributed by atoms with Gasteiger partial charge in [-0.25, -0.2) is 13.1 Å². The molecular weight excluding hydrogens is 445 g/mol. The summed E-state index contributed by atoms with van der Waals surface area (Å²) < 4.78 is 27.9. The van der Waals surface area contributed by atoms with E-state index < -0.39 is 16.0 Å². The van der Waals surface area contributed by atoms with Crippen molar-refractivity contribution in [3.8, 4) is 0 Å². The van der Waals surface area contributed by atoms with Gasteiger partial charge in [-0.05, 0) is 67.5 Å². The Labute approximate surface area is 211 Å². The van der Waals surface area contributed by atoms with Crippen LogP contribution in [0.3, 0.4) is 0 Å². The Balaban J connectivity index is 0.00000341. The summed E-state index contributed by atoms with van der Waals surface area (Å²) in [6, 6.07) is 14.4. The molecule has 0 spiro atoms. The number of halogens is 1. The van der Waals surface area contributed by atoms with Crippen molar-refractivity contribution in [2.24, 2.45) is 0 Å². The van der Waals surface area contributed by atoms with Crippen molar-refractivity contribution in [1.82, 2.24) is 4.72 Å². The third kappa shape index (κ3) is 6.91. The summed E-state index contributed by atoms with van der Waals surface area (Å²) in [6.07, 6.45) is 7.89. The van der Waals surface area contributed by atoms with Crippen molar-refractivity contribution in [3.05, 3.63) is 76.8 Å². The molecule has 8 heteroatoms. The van der Waals surface area contributed by atoms with Gasteiger partial charge in [-0.15, -0.1) is 0 Å². The zero-order valence-electron chi connectivity index (χ0n) is 17.7. The van der Waals surface area contributed by atoms with Crippen LogP contribution in [0.4, 0.5) is 0 Å². The molecule has 0 saturated carbocycles. The zero-order chi connectivity index (χ0) is 21.6.